The summed E-state index contributed by atoms with van der Waals surface area (Å²) in [6.07, 6.45) is 2.42. The lowest BCUT2D eigenvalue weighted by atomic mass is 9.85. The second-order valence-corrected chi connectivity index (χ2v) is 7.29. The van der Waals surface area contributed by atoms with Gasteiger partial charge in [-0.3, -0.25) is 9.59 Å². The van der Waals surface area contributed by atoms with Crippen LogP contribution in [-0.4, -0.2) is 37.9 Å². The van der Waals surface area contributed by atoms with Crippen molar-refractivity contribution in [2.75, 3.05) is 14.2 Å². The first-order chi connectivity index (χ1) is 14.9. The maximum Gasteiger partial charge on any atom is 0.338 e. The summed E-state index contributed by atoms with van der Waals surface area (Å²) >= 11 is 0. The van der Waals surface area contributed by atoms with Gasteiger partial charge in [0.2, 0.25) is 0 Å². The van der Waals surface area contributed by atoms with E-state index in [0.717, 1.165) is 5.57 Å². The third-order valence-electron chi connectivity index (χ3n) is 4.94. The Labute approximate surface area is 181 Å². The maximum atomic E-state index is 13.4. The Morgan fingerprint density at radius 1 is 0.935 bits per heavy atom. The summed E-state index contributed by atoms with van der Waals surface area (Å²) in [5.74, 6) is -0.865. The van der Waals surface area contributed by atoms with Gasteiger partial charge in [-0.05, 0) is 44.2 Å². The third kappa shape index (κ3) is 4.58. The number of hydrogen-bond acceptors (Lipinski definition) is 6. The molecule has 0 aromatic heterocycles. The van der Waals surface area contributed by atoms with Gasteiger partial charge in [0.1, 0.15) is 17.6 Å². The molecule has 0 aliphatic heterocycles. The SMILES string of the molecule is COc1ccc(OC)c2c1C(=O)C=C([C@@H](CC=C(C)C)OC(=O)c1ccccc1)C2=O. The molecular formula is C25H24O6. The molecule has 0 amide bonds. The molecule has 160 valence electrons. The predicted molar refractivity (Wildman–Crippen MR) is 116 cm³/mol. The number of hydrogen-bond donors (Lipinski definition) is 0. The van der Waals surface area contributed by atoms with Gasteiger partial charge in [0.25, 0.3) is 0 Å². The van der Waals surface area contributed by atoms with Crippen LogP contribution in [0.3, 0.4) is 0 Å². The molecule has 0 saturated carbocycles. The van der Waals surface area contributed by atoms with Crippen molar-refractivity contribution in [3.63, 3.8) is 0 Å². The van der Waals surface area contributed by atoms with Crippen molar-refractivity contribution in [1.29, 1.82) is 0 Å². The molecule has 6 nitrogen and oxygen atoms in total. The largest absolute Gasteiger partial charge is 0.496 e. The molecule has 0 bridgehead atoms. The predicted octanol–water partition coefficient (Wildman–Crippen LogP) is 4.59. The number of carbonyl (C=O) groups excluding carboxylic acids is 3. The van der Waals surface area contributed by atoms with Gasteiger partial charge in [0.15, 0.2) is 11.6 Å². The van der Waals surface area contributed by atoms with Crippen LogP contribution >= 0.6 is 0 Å². The molecule has 0 radical (unpaired) electrons. The maximum absolute atomic E-state index is 13.4. The average Bonchev–Trinajstić information content (AvgIpc) is 2.78. The lowest BCUT2D eigenvalue weighted by Crippen LogP contribution is -2.29. The zero-order chi connectivity index (χ0) is 22.5. The van der Waals surface area contributed by atoms with Crippen LogP contribution in [0.25, 0.3) is 0 Å². The van der Waals surface area contributed by atoms with Crippen molar-refractivity contribution in [3.8, 4) is 11.5 Å². The van der Waals surface area contributed by atoms with Crippen LogP contribution in [0.4, 0.5) is 0 Å². The fourth-order valence-corrected chi connectivity index (χ4v) is 3.39. The van der Waals surface area contributed by atoms with E-state index in [1.807, 2.05) is 19.9 Å². The molecule has 2 aromatic rings. The number of carbonyl (C=O) groups is 3. The molecule has 3 rings (SSSR count). The minimum absolute atomic E-state index is 0.103. The first-order valence-electron chi connectivity index (χ1n) is 9.82. The first-order valence-corrected chi connectivity index (χ1v) is 9.82. The van der Waals surface area contributed by atoms with Gasteiger partial charge >= 0.3 is 5.97 Å². The number of Topliss-reactive ketones (excluding diaryl/α,β-unsaturated/α-hetero) is 1. The molecule has 1 aliphatic rings. The van der Waals surface area contributed by atoms with Gasteiger partial charge in [-0.15, -0.1) is 0 Å². The molecule has 0 saturated heterocycles. The van der Waals surface area contributed by atoms with Crippen molar-refractivity contribution in [2.24, 2.45) is 0 Å². The zero-order valence-electron chi connectivity index (χ0n) is 17.9. The summed E-state index contributed by atoms with van der Waals surface area (Å²) in [4.78, 5) is 39.1. The number of esters is 1. The Bertz CT molecular complexity index is 1070. The number of ether oxygens (including phenoxy) is 3. The molecule has 6 heteroatoms. The topological polar surface area (TPSA) is 78.9 Å². The highest BCUT2D eigenvalue weighted by molar-refractivity contribution is 6.27. The van der Waals surface area contributed by atoms with Crippen LogP contribution in [0.2, 0.25) is 0 Å². The quantitative estimate of drug-likeness (QED) is 0.481. The van der Waals surface area contributed by atoms with Gasteiger partial charge < -0.3 is 14.2 Å². The van der Waals surface area contributed by atoms with Crippen molar-refractivity contribution >= 4 is 17.5 Å². The summed E-state index contributed by atoms with van der Waals surface area (Å²) in [5.41, 5.74) is 1.72. The number of fused-ring (bicyclic) bond motifs is 1. The second-order valence-electron chi connectivity index (χ2n) is 7.29. The third-order valence-corrected chi connectivity index (χ3v) is 4.94. The number of benzene rings is 2. The molecule has 1 aliphatic carbocycles. The Kier molecular flexibility index (Phi) is 6.70. The minimum atomic E-state index is -0.928. The van der Waals surface area contributed by atoms with Gasteiger partial charge in [-0.25, -0.2) is 4.79 Å². The van der Waals surface area contributed by atoms with E-state index in [1.165, 1.54) is 20.3 Å². The van der Waals surface area contributed by atoms with E-state index in [2.05, 4.69) is 0 Å². The van der Waals surface area contributed by atoms with Crippen molar-refractivity contribution in [2.45, 2.75) is 26.4 Å². The summed E-state index contributed by atoms with van der Waals surface area (Å²) in [6.45, 7) is 3.81. The molecular weight excluding hydrogens is 396 g/mol. The van der Waals surface area contributed by atoms with E-state index < -0.39 is 23.6 Å². The Balaban J connectivity index is 2.04. The molecule has 0 N–H and O–H groups in total. The fraction of sp³-hybridized carbons (Fsp3) is 0.240. The number of methoxy groups -OCH3 is 2. The smallest absolute Gasteiger partial charge is 0.338 e. The Morgan fingerprint density at radius 3 is 2.13 bits per heavy atom. The Hall–Kier alpha value is -3.67. The van der Waals surface area contributed by atoms with E-state index in [9.17, 15) is 14.4 Å². The minimum Gasteiger partial charge on any atom is -0.496 e. The van der Waals surface area contributed by atoms with Crippen LogP contribution in [0.15, 0.2) is 65.8 Å². The Morgan fingerprint density at radius 2 is 1.55 bits per heavy atom. The molecule has 0 fully saturated rings. The van der Waals surface area contributed by atoms with E-state index in [-0.39, 0.29) is 34.6 Å². The van der Waals surface area contributed by atoms with Crippen LogP contribution < -0.4 is 9.47 Å². The zero-order valence-corrected chi connectivity index (χ0v) is 17.9. The fourth-order valence-electron chi connectivity index (χ4n) is 3.39. The molecule has 2 aromatic carbocycles. The number of rotatable bonds is 7. The summed E-state index contributed by atoms with van der Waals surface area (Å²) < 4.78 is 16.3. The van der Waals surface area contributed by atoms with Gasteiger partial charge in [-0.2, -0.15) is 0 Å². The highest BCUT2D eigenvalue weighted by atomic mass is 16.5. The monoisotopic (exact) mass is 420 g/mol. The molecule has 31 heavy (non-hydrogen) atoms. The number of ketones is 2. The van der Waals surface area contributed by atoms with Crippen LogP contribution in [0.5, 0.6) is 11.5 Å². The molecule has 1 atom stereocenters. The van der Waals surface area contributed by atoms with E-state index in [0.29, 0.717) is 5.56 Å². The van der Waals surface area contributed by atoms with Crippen molar-refractivity contribution in [3.05, 3.63) is 82.5 Å². The van der Waals surface area contributed by atoms with Crippen molar-refractivity contribution < 1.29 is 28.6 Å². The van der Waals surface area contributed by atoms with E-state index in [1.54, 1.807) is 42.5 Å². The number of allylic oxidation sites excluding steroid dienone is 2. The van der Waals surface area contributed by atoms with Crippen LogP contribution in [0.1, 0.15) is 51.3 Å². The molecule has 0 unspecified atom stereocenters. The van der Waals surface area contributed by atoms with E-state index >= 15 is 0 Å². The standard InChI is InChI=1S/C25H24O6/c1-15(2)10-11-19(31-25(28)16-8-6-5-7-9-16)17-14-18(26)22-20(29-3)12-13-21(30-4)23(22)24(17)27/h5-10,12-14,19H,11H2,1-4H3/t19-/m1/s1. The van der Waals surface area contributed by atoms with Crippen LogP contribution in [-0.2, 0) is 4.74 Å². The summed E-state index contributed by atoms with van der Waals surface area (Å²) in [7, 11) is 2.85. The van der Waals surface area contributed by atoms with Crippen LogP contribution in [0, 0.1) is 0 Å². The lowest BCUT2D eigenvalue weighted by molar-refractivity contribution is 0.0372. The normalized spacial score (nSPS) is 13.6. The highest BCUT2D eigenvalue weighted by Crippen LogP contribution is 2.37. The lowest BCUT2D eigenvalue weighted by Gasteiger charge is -2.24. The van der Waals surface area contributed by atoms with Gasteiger partial charge in [0, 0.05) is 12.0 Å². The second kappa shape index (κ2) is 9.43. The first kappa shape index (κ1) is 22.0. The highest BCUT2D eigenvalue weighted by Gasteiger charge is 2.36. The van der Waals surface area contributed by atoms with Gasteiger partial charge in [-0.1, -0.05) is 29.8 Å². The van der Waals surface area contributed by atoms with E-state index in [4.69, 9.17) is 14.2 Å². The summed E-state index contributed by atoms with van der Waals surface area (Å²) in [5, 5.41) is 0. The molecule has 0 heterocycles. The van der Waals surface area contributed by atoms with Crippen molar-refractivity contribution in [1.82, 2.24) is 0 Å². The average molecular weight is 420 g/mol. The summed E-state index contributed by atoms with van der Waals surface area (Å²) in [6, 6.07) is 11.7. The van der Waals surface area contributed by atoms with Gasteiger partial charge in [0.05, 0.1) is 30.9 Å². The molecule has 0 spiro atoms.